The maximum absolute atomic E-state index is 14.7. The van der Waals surface area contributed by atoms with Crippen molar-refractivity contribution in [2.45, 2.75) is 29.8 Å². The standard InChI is InChI=1S/C21H22ClFN4S2/c1-27(2)11-14-5-3-4-6-15(14)21(7-8-21)25-18-10-17(23)19(9-16(18)22)29-26-20-12-28-13-24-20/h3-6,9-10,12-13,25-26H,7-8,11H2,1-2H3. The van der Waals surface area contributed by atoms with Gasteiger partial charge >= 0.3 is 0 Å². The summed E-state index contributed by atoms with van der Waals surface area (Å²) < 4.78 is 17.8. The third kappa shape index (κ3) is 4.69. The molecule has 0 spiro atoms. The fourth-order valence-electron chi connectivity index (χ4n) is 3.38. The zero-order valence-electron chi connectivity index (χ0n) is 16.2. The molecule has 1 fully saturated rings. The molecule has 0 unspecified atom stereocenters. The number of hydrogen-bond acceptors (Lipinski definition) is 6. The monoisotopic (exact) mass is 448 g/mol. The van der Waals surface area contributed by atoms with E-state index in [4.69, 9.17) is 11.6 Å². The Morgan fingerprint density at radius 1 is 1.28 bits per heavy atom. The van der Waals surface area contributed by atoms with Gasteiger partial charge in [-0.2, -0.15) is 0 Å². The molecule has 1 aliphatic carbocycles. The van der Waals surface area contributed by atoms with Gasteiger partial charge in [-0.25, -0.2) is 9.37 Å². The number of rotatable bonds is 8. The lowest BCUT2D eigenvalue weighted by molar-refractivity contribution is 0.399. The molecule has 2 aromatic carbocycles. The van der Waals surface area contributed by atoms with Gasteiger partial charge in [0.25, 0.3) is 0 Å². The lowest BCUT2D eigenvalue weighted by Gasteiger charge is -2.24. The van der Waals surface area contributed by atoms with Crippen molar-refractivity contribution in [2.75, 3.05) is 24.1 Å². The fourth-order valence-corrected chi connectivity index (χ4v) is 4.88. The summed E-state index contributed by atoms with van der Waals surface area (Å²) in [5.74, 6) is 0.383. The first-order valence-corrected chi connectivity index (χ1v) is 11.4. The summed E-state index contributed by atoms with van der Waals surface area (Å²) in [4.78, 5) is 6.73. The molecule has 2 N–H and O–H groups in total. The van der Waals surface area contributed by atoms with Crippen LogP contribution in [-0.4, -0.2) is 24.0 Å². The van der Waals surface area contributed by atoms with E-state index in [0.717, 1.165) is 19.4 Å². The number of aromatic nitrogens is 1. The minimum absolute atomic E-state index is 0.184. The van der Waals surface area contributed by atoms with Crippen molar-refractivity contribution < 1.29 is 4.39 Å². The highest BCUT2D eigenvalue weighted by Gasteiger charge is 2.46. The van der Waals surface area contributed by atoms with E-state index in [1.165, 1.54) is 40.5 Å². The van der Waals surface area contributed by atoms with E-state index in [-0.39, 0.29) is 11.4 Å². The molecule has 1 saturated carbocycles. The van der Waals surface area contributed by atoms with Crippen molar-refractivity contribution in [3.05, 3.63) is 69.3 Å². The summed E-state index contributed by atoms with van der Waals surface area (Å²) in [7, 11) is 4.12. The summed E-state index contributed by atoms with van der Waals surface area (Å²) in [6, 6.07) is 11.6. The van der Waals surface area contributed by atoms with Crippen LogP contribution in [0, 0.1) is 5.82 Å². The fraction of sp³-hybridized carbons (Fsp3) is 0.286. The van der Waals surface area contributed by atoms with Crippen molar-refractivity contribution in [1.29, 1.82) is 0 Å². The zero-order chi connectivity index (χ0) is 20.4. The Morgan fingerprint density at radius 3 is 2.76 bits per heavy atom. The number of hydrogen-bond donors (Lipinski definition) is 2. The summed E-state index contributed by atoms with van der Waals surface area (Å²) in [6.07, 6.45) is 1.99. The van der Waals surface area contributed by atoms with Crippen LogP contribution >= 0.6 is 34.9 Å². The largest absolute Gasteiger partial charge is 0.374 e. The Hall–Kier alpha value is -1.80. The maximum atomic E-state index is 14.7. The number of benzene rings is 2. The van der Waals surface area contributed by atoms with E-state index in [1.54, 1.807) is 11.6 Å². The van der Waals surface area contributed by atoms with Gasteiger partial charge in [-0.05, 0) is 62.1 Å². The molecule has 1 aliphatic rings. The van der Waals surface area contributed by atoms with Crippen molar-refractivity contribution in [2.24, 2.45) is 0 Å². The summed E-state index contributed by atoms with van der Waals surface area (Å²) in [5, 5.41) is 5.90. The van der Waals surface area contributed by atoms with Crippen LogP contribution in [-0.2, 0) is 12.1 Å². The van der Waals surface area contributed by atoms with E-state index >= 15 is 0 Å². The Balaban J connectivity index is 1.54. The number of halogens is 2. The number of thiazole rings is 1. The Bertz CT molecular complexity index is 990. The van der Waals surface area contributed by atoms with Gasteiger partial charge in [0.15, 0.2) is 0 Å². The number of nitrogens with one attached hydrogen (secondary N) is 2. The average Bonchev–Trinajstić information content (AvgIpc) is 3.26. The third-order valence-electron chi connectivity index (χ3n) is 4.86. The second-order valence-electron chi connectivity index (χ2n) is 7.44. The minimum atomic E-state index is -0.318. The van der Waals surface area contributed by atoms with Gasteiger partial charge in [0.1, 0.15) is 11.6 Å². The van der Waals surface area contributed by atoms with Crippen LogP contribution in [0.3, 0.4) is 0 Å². The molecule has 0 atom stereocenters. The molecule has 0 amide bonds. The van der Waals surface area contributed by atoms with Gasteiger partial charge in [-0.15, -0.1) is 11.3 Å². The molecule has 0 saturated heterocycles. The van der Waals surface area contributed by atoms with Gasteiger partial charge in [-0.1, -0.05) is 35.9 Å². The van der Waals surface area contributed by atoms with Crippen molar-refractivity contribution >= 4 is 46.4 Å². The summed E-state index contributed by atoms with van der Waals surface area (Å²) >= 11 is 9.16. The Morgan fingerprint density at radius 2 is 2.07 bits per heavy atom. The van der Waals surface area contributed by atoms with Gasteiger partial charge in [-0.3, -0.25) is 0 Å². The molecule has 1 aromatic heterocycles. The van der Waals surface area contributed by atoms with Crippen LogP contribution < -0.4 is 10.0 Å². The normalized spacial score (nSPS) is 14.8. The van der Waals surface area contributed by atoms with Gasteiger partial charge < -0.3 is 14.9 Å². The second-order valence-corrected chi connectivity index (χ2v) is 9.42. The number of nitrogens with zero attached hydrogens (tertiary/aromatic N) is 2. The summed E-state index contributed by atoms with van der Waals surface area (Å²) in [5.41, 5.74) is 4.70. The Labute approximate surface area is 183 Å². The van der Waals surface area contributed by atoms with E-state index < -0.39 is 0 Å². The lowest BCUT2D eigenvalue weighted by Crippen LogP contribution is -2.23. The molecule has 0 radical (unpaired) electrons. The highest BCUT2D eigenvalue weighted by Crippen LogP contribution is 2.50. The first kappa shape index (κ1) is 20.5. The van der Waals surface area contributed by atoms with Crippen LogP contribution in [0.15, 0.2) is 52.2 Å². The smallest absolute Gasteiger partial charge is 0.147 e. The van der Waals surface area contributed by atoms with Crippen LogP contribution in [0.1, 0.15) is 24.0 Å². The van der Waals surface area contributed by atoms with E-state index in [1.807, 2.05) is 5.38 Å². The minimum Gasteiger partial charge on any atom is -0.374 e. The molecule has 152 valence electrons. The van der Waals surface area contributed by atoms with E-state index in [0.29, 0.717) is 21.4 Å². The number of anilines is 2. The topological polar surface area (TPSA) is 40.2 Å². The van der Waals surface area contributed by atoms with Crippen molar-refractivity contribution in [3.63, 3.8) is 0 Å². The molecule has 8 heteroatoms. The third-order valence-corrected chi connectivity index (χ3v) is 6.61. The van der Waals surface area contributed by atoms with Crippen LogP contribution in [0.4, 0.5) is 15.9 Å². The van der Waals surface area contributed by atoms with Crippen molar-refractivity contribution in [1.82, 2.24) is 9.88 Å². The average molecular weight is 449 g/mol. The Kier molecular flexibility index (Phi) is 6.01. The van der Waals surface area contributed by atoms with Crippen molar-refractivity contribution in [3.8, 4) is 0 Å². The molecule has 0 aliphatic heterocycles. The highest BCUT2D eigenvalue weighted by molar-refractivity contribution is 8.00. The zero-order valence-corrected chi connectivity index (χ0v) is 18.6. The molecule has 0 bridgehead atoms. The molecular formula is C21H22ClFN4S2. The molecular weight excluding hydrogens is 427 g/mol. The lowest BCUT2D eigenvalue weighted by atomic mass is 9.97. The molecule has 4 nitrogen and oxygen atoms in total. The predicted octanol–water partition coefficient (Wildman–Crippen LogP) is 6.22. The van der Waals surface area contributed by atoms with E-state index in [2.05, 4.69) is 58.3 Å². The first-order chi connectivity index (χ1) is 14.0. The highest BCUT2D eigenvalue weighted by atomic mass is 35.5. The SMILES string of the molecule is CN(C)Cc1ccccc1C1(Nc2cc(F)c(SNc3cscn3)cc2Cl)CC1. The maximum Gasteiger partial charge on any atom is 0.147 e. The quantitative estimate of drug-likeness (QED) is 0.400. The van der Waals surface area contributed by atoms with Crippen LogP contribution in [0.2, 0.25) is 5.02 Å². The molecule has 3 aromatic rings. The second kappa shape index (κ2) is 8.52. The van der Waals surface area contributed by atoms with E-state index in [9.17, 15) is 4.39 Å². The van der Waals surface area contributed by atoms with Crippen LogP contribution in [0.25, 0.3) is 0 Å². The molecule has 4 rings (SSSR count). The molecule has 1 heterocycles. The summed E-state index contributed by atoms with van der Waals surface area (Å²) in [6.45, 7) is 0.861. The molecule has 29 heavy (non-hydrogen) atoms. The van der Waals surface area contributed by atoms with Crippen LogP contribution in [0.5, 0.6) is 0 Å². The first-order valence-electron chi connectivity index (χ1n) is 9.28. The predicted molar refractivity (Wildman–Crippen MR) is 121 cm³/mol. The van der Waals surface area contributed by atoms with Gasteiger partial charge in [0.05, 0.1) is 26.7 Å². The van der Waals surface area contributed by atoms with Gasteiger partial charge in [0, 0.05) is 11.9 Å². The van der Waals surface area contributed by atoms with Gasteiger partial charge in [0.2, 0.25) is 0 Å².